The van der Waals surface area contributed by atoms with Gasteiger partial charge in [0.1, 0.15) is 5.75 Å². The molecule has 106 valence electrons. The molecule has 0 bridgehead atoms. The summed E-state index contributed by atoms with van der Waals surface area (Å²) in [7, 11) is 2.99. The Morgan fingerprint density at radius 2 is 1.80 bits per heavy atom. The first-order chi connectivity index (χ1) is 9.55. The highest BCUT2D eigenvalue weighted by Crippen LogP contribution is 2.33. The molecule has 20 heavy (non-hydrogen) atoms. The van der Waals surface area contributed by atoms with Gasteiger partial charge in [-0.2, -0.15) is 0 Å². The molecule has 0 saturated carbocycles. The minimum atomic E-state index is -0.496. The van der Waals surface area contributed by atoms with Crippen molar-refractivity contribution >= 4 is 33.0 Å². The summed E-state index contributed by atoms with van der Waals surface area (Å²) in [5.74, 6) is 0.317. The van der Waals surface area contributed by atoms with Crippen LogP contribution in [-0.2, 0) is 0 Å². The van der Waals surface area contributed by atoms with Crippen LogP contribution in [0.5, 0.6) is 11.5 Å². The van der Waals surface area contributed by atoms with Gasteiger partial charge in [0.2, 0.25) is 0 Å². The Kier molecular flexibility index (Phi) is 4.34. The third kappa shape index (κ3) is 2.96. The zero-order valence-corrected chi connectivity index (χ0v) is 12.6. The van der Waals surface area contributed by atoms with Crippen LogP contribution in [-0.4, -0.2) is 14.2 Å². The molecule has 2 aromatic carbocycles. The van der Waals surface area contributed by atoms with Gasteiger partial charge in [0.15, 0.2) is 11.6 Å². The highest BCUT2D eigenvalue weighted by molar-refractivity contribution is 9.10. The number of hydrogen-bond acceptors (Lipinski definition) is 4. The molecule has 4 nitrogen and oxygen atoms in total. The fourth-order valence-corrected chi connectivity index (χ4v) is 2.14. The smallest absolute Gasteiger partial charge is 0.167 e. The first-order valence-electron chi connectivity index (χ1n) is 5.78. The summed E-state index contributed by atoms with van der Waals surface area (Å²) in [4.78, 5) is 0. The second kappa shape index (κ2) is 6.00. The zero-order chi connectivity index (χ0) is 14.7. The van der Waals surface area contributed by atoms with Crippen LogP contribution in [0.15, 0.2) is 34.8 Å². The first kappa shape index (κ1) is 14.5. The van der Waals surface area contributed by atoms with Gasteiger partial charge in [-0.3, -0.25) is 0 Å². The van der Waals surface area contributed by atoms with Crippen LogP contribution in [0, 0.1) is 5.82 Å². The normalized spacial score (nSPS) is 10.2. The maximum absolute atomic E-state index is 13.5. The Hall–Kier alpha value is -1.95. The lowest BCUT2D eigenvalue weighted by Crippen LogP contribution is -1.99. The summed E-state index contributed by atoms with van der Waals surface area (Å²) in [6.45, 7) is 0. The molecule has 0 aliphatic heterocycles. The third-order valence-corrected chi connectivity index (χ3v) is 3.41. The molecule has 3 N–H and O–H groups in total. The lowest BCUT2D eigenvalue weighted by molar-refractivity contribution is 0.387. The number of anilines is 3. The average molecular weight is 341 g/mol. The van der Waals surface area contributed by atoms with E-state index in [1.165, 1.54) is 19.2 Å². The number of halogens is 2. The van der Waals surface area contributed by atoms with Crippen molar-refractivity contribution in [2.24, 2.45) is 0 Å². The van der Waals surface area contributed by atoms with E-state index in [0.29, 0.717) is 17.1 Å². The van der Waals surface area contributed by atoms with E-state index in [1.54, 1.807) is 13.2 Å². The van der Waals surface area contributed by atoms with Gasteiger partial charge in [-0.25, -0.2) is 4.39 Å². The molecule has 0 aliphatic carbocycles. The fourth-order valence-electron chi connectivity index (χ4n) is 1.73. The predicted octanol–water partition coefficient (Wildman–Crippen LogP) is 3.93. The largest absolute Gasteiger partial charge is 0.495 e. The van der Waals surface area contributed by atoms with Crippen LogP contribution in [0.1, 0.15) is 0 Å². The lowest BCUT2D eigenvalue weighted by atomic mass is 10.2. The van der Waals surface area contributed by atoms with E-state index in [-0.39, 0.29) is 5.75 Å². The van der Waals surface area contributed by atoms with Crippen molar-refractivity contribution in [3.05, 3.63) is 40.6 Å². The lowest BCUT2D eigenvalue weighted by Gasteiger charge is -2.13. The molecule has 0 spiro atoms. The van der Waals surface area contributed by atoms with E-state index in [1.807, 2.05) is 12.1 Å². The highest BCUT2D eigenvalue weighted by atomic mass is 79.9. The molecule has 0 fully saturated rings. The van der Waals surface area contributed by atoms with E-state index in [2.05, 4.69) is 21.2 Å². The van der Waals surface area contributed by atoms with Gasteiger partial charge >= 0.3 is 0 Å². The SMILES string of the molecule is COc1cc(Nc2ccc(Br)c(OC)c2)c(N)cc1F. The van der Waals surface area contributed by atoms with Gasteiger partial charge < -0.3 is 20.5 Å². The zero-order valence-electron chi connectivity index (χ0n) is 11.0. The molecule has 2 rings (SSSR count). The second-order valence-electron chi connectivity index (χ2n) is 4.05. The van der Waals surface area contributed by atoms with Crippen molar-refractivity contribution in [2.45, 2.75) is 0 Å². The number of methoxy groups -OCH3 is 2. The summed E-state index contributed by atoms with van der Waals surface area (Å²) in [5, 5.41) is 3.10. The number of hydrogen-bond donors (Lipinski definition) is 2. The minimum Gasteiger partial charge on any atom is -0.495 e. The number of nitrogens with two attached hydrogens (primary N) is 1. The third-order valence-electron chi connectivity index (χ3n) is 2.75. The van der Waals surface area contributed by atoms with Crippen molar-refractivity contribution in [3.8, 4) is 11.5 Å². The van der Waals surface area contributed by atoms with Crippen LogP contribution >= 0.6 is 15.9 Å². The van der Waals surface area contributed by atoms with Gasteiger partial charge in [-0.1, -0.05) is 0 Å². The first-order valence-corrected chi connectivity index (χ1v) is 6.58. The number of nitrogens with one attached hydrogen (secondary N) is 1. The molecule has 2 aromatic rings. The van der Waals surface area contributed by atoms with Gasteiger partial charge in [-0.05, 0) is 28.1 Å². The van der Waals surface area contributed by atoms with Crippen LogP contribution in [0.25, 0.3) is 0 Å². The molecule has 0 amide bonds. The van der Waals surface area contributed by atoms with Crippen LogP contribution in [0.4, 0.5) is 21.5 Å². The minimum absolute atomic E-state index is 0.130. The van der Waals surface area contributed by atoms with E-state index in [9.17, 15) is 4.39 Å². The maximum atomic E-state index is 13.5. The van der Waals surface area contributed by atoms with Gasteiger partial charge in [-0.15, -0.1) is 0 Å². The summed E-state index contributed by atoms with van der Waals surface area (Å²) < 4.78 is 24.5. The monoisotopic (exact) mass is 340 g/mol. The number of benzene rings is 2. The van der Waals surface area contributed by atoms with Crippen LogP contribution in [0.3, 0.4) is 0 Å². The topological polar surface area (TPSA) is 56.5 Å². The number of nitrogen functional groups attached to an aromatic ring is 1. The fraction of sp³-hybridized carbons (Fsp3) is 0.143. The molecule has 0 saturated heterocycles. The summed E-state index contributed by atoms with van der Waals surface area (Å²) in [6.07, 6.45) is 0. The molecule has 6 heteroatoms. The van der Waals surface area contributed by atoms with Crippen LogP contribution in [0.2, 0.25) is 0 Å². The molecular weight excluding hydrogens is 327 g/mol. The maximum Gasteiger partial charge on any atom is 0.167 e. The van der Waals surface area contributed by atoms with E-state index in [4.69, 9.17) is 15.2 Å². The molecule has 0 radical (unpaired) electrons. The van der Waals surface area contributed by atoms with E-state index >= 15 is 0 Å². The van der Waals surface area contributed by atoms with Gasteiger partial charge in [0.05, 0.1) is 30.1 Å². The Bertz CT molecular complexity index is 635. The van der Waals surface area contributed by atoms with Gasteiger partial charge in [0, 0.05) is 23.9 Å². The summed E-state index contributed by atoms with van der Waals surface area (Å²) in [6, 6.07) is 8.23. The second-order valence-corrected chi connectivity index (χ2v) is 4.90. The molecule has 0 atom stereocenters. The van der Waals surface area contributed by atoms with Gasteiger partial charge in [0.25, 0.3) is 0 Å². The standard InChI is InChI=1S/C14H14BrFN2O2/c1-19-13-5-8(3-4-9(13)15)18-12-7-14(20-2)10(16)6-11(12)17/h3-7,18H,17H2,1-2H3. The molecule has 0 heterocycles. The quantitative estimate of drug-likeness (QED) is 0.828. The molecule has 0 unspecified atom stereocenters. The van der Waals surface area contributed by atoms with Crippen molar-refractivity contribution in [1.29, 1.82) is 0 Å². The van der Waals surface area contributed by atoms with E-state index in [0.717, 1.165) is 10.2 Å². The van der Waals surface area contributed by atoms with Crippen LogP contribution < -0.4 is 20.5 Å². The Morgan fingerprint density at radius 3 is 2.45 bits per heavy atom. The molecule has 0 aliphatic rings. The number of rotatable bonds is 4. The Balaban J connectivity index is 2.34. The average Bonchev–Trinajstić information content (AvgIpc) is 2.43. The molecular formula is C14H14BrFN2O2. The Labute approximate surface area is 124 Å². The van der Waals surface area contributed by atoms with Crippen molar-refractivity contribution in [1.82, 2.24) is 0 Å². The summed E-state index contributed by atoms with van der Waals surface area (Å²) in [5.41, 5.74) is 7.42. The van der Waals surface area contributed by atoms with Crippen molar-refractivity contribution in [2.75, 3.05) is 25.3 Å². The van der Waals surface area contributed by atoms with Crippen molar-refractivity contribution < 1.29 is 13.9 Å². The number of ether oxygens (including phenoxy) is 2. The predicted molar refractivity (Wildman–Crippen MR) is 81.3 cm³/mol. The van der Waals surface area contributed by atoms with Crippen molar-refractivity contribution in [3.63, 3.8) is 0 Å². The Morgan fingerprint density at radius 1 is 1.10 bits per heavy atom. The van der Waals surface area contributed by atoms with E-state index < -0.39 is 5.82 Å². The summed E-state index contributed by atoms with van der Waals surface area (Å²) >= 11 is 3.38. The molecule has 0 aromatic heterocycles. The highest BCUT2D eigenvalue weighted by Gasteiger charge is 2.09.